The molecular weight excluding hydrogens is 208 g/mol. The van der Waals surface area contributed by atoms with E-state index >= 15 is 0 Å². The summed E-state index contributed by atoms with van der Waals surface area (Å²) < 4.78 is 0. The molecule has 0 radical (unpaired) electrons. The molecule has 88 valence electrons. The van der Waals surface area contributed by atoms with Gasteiger partial charge in [0.2, 0.25) is 5.91 Å². The van der Waals surface area contributed by atoms with Gasteiger partial charge in [-0.25, -0.2) is 0 Å². The lowest BCUT2D eigenvalue weighted by Crippen LogP contribution is -2.58. The van der Waals surface area contributed by atoms with Crippen LogP contribution in [0.15, 0.2) is 0 Å². The highest BCUT2D eigenvalue weighted by molar-refractivity contribution is 7.99. The van der Waals surface area contributed by atoms with E-state index in [0.29, 0.717) is 11.7 Å². The Balaban J connectivity index is 2.32. The van der Waals surface area contributed by atoms with Crippen molar-refractivity contribution < 1.29 is 4.79 Å². The van der Waals surface area contributed by atoms with Crippen molar-refractivity contribution in [2.75, 3.05) is 31.1 Å². The lowest BCUT2D eigenvalue weighted by Gasteiger charge is -2.39. The van der Waals surface area contributed by atoms with Crippen molar-refractivity contribution in [2.45, 2.75) is 32.7 Å². The Kier molecular flexibility index (Phi) is 4.93. The number of hydrogen-bond donors (Lipinski definition) is 1. The lowest BCUT2D eigenvalue weighted by atomic mass is 10.0. The molecule has 1 aliphatic heterocycles. The Labute approximate surface area is 97.0 Å². The summed E-state index contributed by atoms with van der Waals surface area (Å²) in [7, 11) is 0. The summed E-state index contributed by atoms with van der Waals surface area (Å²) in [6.45, 7) is 9.04. The summed E-state index contributed by atoms with van der Waals surface area (Å²) in [4.78, 5) is 13.8. The first-order chi connectivity index (χ1) is 7.05. The molecule has 0 atom stereocenters. The van der Waals surface area contributed by atoms with Crippen molar-refractivity contribution in [1.29, 1.82) is 0 Å². The predicted octanol–water partition coefficient (Wildman–Crippen LogP) is 1.34. The Bertz CT molecular complexity index is 219. The summed E-state index contributed by atoms with van der Waals surface area (Å²) >= 11 is 1.74. The number of hydrogen-bond acceptors (Lipinski definition) is 3. The van der Waals surface area contributed by atoms with Gasteiger partial charge in [-0.3, -0.25) is 4.79 Å². The highest BCUT2D eigenvalue weighted by Gasteiger charge is 2.28. The molecule has 0 aromatic rings. The smallest absolute Gasteiger partial charge is 0.232 e. The maximum Gasteiger partial charge on any atom is 0.232 e. The fourth-order valence-electron chi connectivity index (χ4n) is 1.75. The van der Waals surface area contributed by atoms with Crippen LogP contribution in [0, 0.1) is 0 Å². The molecule has 3 nitrogen and oxygen atoms in total. The Morgan fingerprint density at radius 1 is 1.53 bits per heavy atom. The first-order valence-corrected chi connectivity index (χ1v) is 6.81. The predicted molar refractivity (Wildman–Crippen MR) is 66.3 cm³/mol. The van der Waals surface area contributed by atoms with E-state index in [-0.39, 0.29) is 5.54 Å². The van der Waals surface area contributed by atoms with Gasteiger partial charge in [0, 0.05) is 25.2 Å². The van der Waals surface area contributed by atoms with E-state index < -0.39 is 0 Å². The van der Waals surface area contributed by atoms with Gasteiger partial charge in [-0.05, 0) is 26.0 Å². The van der Waals surface area contributed by atoms with Gasteiger partial charge >= 0.3 is 0 Å². The molecule has 1 N–H and O–H groups in total. The standard InChI is InChI=1S/C11H22N2OS/c1-4-7-15-8-10(14)13-6-5-12-11(2,3)9-13/h12H,4-9H2,1-3H3. The molecule has 0 spiro atoms. The molecule has 0 aromatic carbocycles. The van der Waals surface area contributed by atoms with Gasteiger partial charge in [0.1, 0.15) is 0 Å². The van der Waals surface area contributed by atoms with Crippen LogP contribution in [-0.2, 0) is 4.79 Å². The van der Waals surface area contributed by atoms with Crippen LogP contribution in [0.25, 0.3) is 0 Å². The maximum absolute atomic E-state index is 11.8. The van der Waals surface area contributed by atoms with Crippen molar-refractivity contribution >= 4 is 17.7 Å². The van der Waals surface area contributed by atoms with Crippen molar-refractivity contribution in [3.63, 3.8) is 0 Å². The van der Waals surface area contributed by atoms with Crippen LogP contribution in [0.5, 0.6) is 0 Å². The number of thioether (sulfide) groups is 1. The molecule has 4 heteroatoms. The van der Waals surface area contributed by atoms with Crippen molar-refractivity contribution in [2.24, 2.45) is 0 Å². The molecule has 1 aliphatic rings. The molecule has 0 unspecified atom stereocenters. The zero-order valence-corrected chi connectivity index (χ0v) is 10.8. The van der Waals surface area contributed by atoms with Crippen LogP contribution in [0.4, 0.5) is 0 Å². The SMILES string of the molecule is CCCSCC(=O)N1CCNC(C)(C)C1. The highest BCUT2D eigenvalue weighted by Crippen LogP contribution is 2.12. The van der Waals surface area contributed by atoms with Crippen LogP contribution in [0.1, 0.15) is 27.2 Å². The number of amides is 1. The third-order valence-corrected chi connectivity index (χ3v) is 3.65. The van der Waals surface area contributed by atoms with E-state index in [4.69, 9.17) is 0 Å². The van der Waals surface area contributed by atoms with E-state index in [0.717, 1.165) is 31.8 Å². The molecule has 0 bridgehead atoms. The zero-order valence-electron chi connectivity index (χ0n) is 10.0. The summed E-state index contributed by atoms with van der Waals surface area (Å²) in [6.07, 6.45) is 1.14. The minimum Gasteiger partial charge on any atom is -0.339 e. The Hall–Kier alpha value is -0.220. The van der Waals surface area contributed by atoms with E-state index in [9.17, 15) is 4.79 Å². The fourth-order valence-corrected chi connectivity index (χ4v) is 2.54. The van der Waals surface area contributed by atoms with E-state index in [1.807, 2.05) is 4.90 Å². The van der Waals surface area contributed by atoms with Gasteiger partial charge in [0.25, 0.3) is 0 Å². The van der Waals surface area contributed by atoms with Crippen molar-refractivity contribution in [1.82, 2.24) is 10.2 Å². The maximum atomic E-state index is 11.8. The average Bonchev–Trinajstić information content (AvgIpc) is 2.16. The topological polar surface area (TPSA) is 32.3 Å². The number of rotatable bonds is 4. The van der Waals surface area contributed by atoms with Gasteiger partial charge in [-0.15, -0.1) is 0 Å². The van der Waals surface area contributed by atoms with E-state index in [1.54, 1.807) is 11.8 Å². The molecule has 1 saturated heterocycles. The van der Waals surface area contributed by atoms with Crippen molar-refractivity contribution in [3.05, 3.63) is 0 Å². The number of piperazine rings is 1. The molecule has 0 aromatic heterocycles. The average molecular weight is 230 g/mol. The van der Waals surface area contributed by atoms with Crippen molar-refractivity contribution in [3.8, 4) is 0 Å². The van der Waals surface area contributed by atoms with Gasteiger partial charge in [-0.2, -0.15) is 11.8 Å². The normalized spacial score (nSPS) is 20.3. The number of carbonyl (C=O) groups is 1. The second kappa shape index (κ2) is 5.75. The molecule has 1 heterocycles. The molecule has 1 amide bonds. The molecule has 15 heavy (non-hydrogen) atoms. The quantitative estimate of drug-likeness (QED) is 0.740. The molecule has 1 fully saturated rings. The second-order valence-corrected chi connectivity index (χ2v) is 5.78. The van der Waals surface area contributed by atoms with Gasteiger partial charge in [0.05, 0.1) is 5.75 Å². The largest absolute Gasteiger partial charge is 0.339 e. The second-order valence-electron chi connectivity index (χ2n) is 4.68. The first kappa shape index (κ1) is 12.8. The Morgan fingerprint density at radius 2 is 2.27 bits per heavy atom. The summed E-state index contributed by atoms with van der Waals surface area (Å²) in [5.41, 5.74) is 0.0728. The monoisotopic (exact) mass is 230 g/mol. The first-order valence-electron chi connectivity index (χ1n) is 5.66. The number of nitrogens with one attached hydrogen (secondary N) is 1. The van der Waals surface area contributed by atoms with Gasteiger partial charge in [0.15, 0.2) is 0 Å². The van der Waals surface area contributed by atoms with Gasteiger partial charge in [-0.1, -0.05) is 6.92 Å². The molecule has 0 saturated carbocycles. The number of nitrogens with zero attached hydrogens (tertiary/aromatic N) is 1. The summed E-state index contributed by atoms with van der Waals surface area (Å²) in [5, 5.41) is 3.41. The molecular formula is C11H22N2OS. The minimum atomic E-state index is 0.0728. The highest BCUT2D eigenvalue weighted by atomic mass is 32.2. The lowest BCUT2D eigenvalue weighted by molar-refractivity contribution is -0.130. The number of carbonyl (C=O) groups excluding carboxylic acids is 1. The van der Waals surface area contributed by atoms with Crippen LogP contribution in [0.3, 0.4) is 0 Å². The summed E-state index contributed by atoms with van der Waals surface area (Å²) in [5.74, 6) is 2.02. The third-order valence-electron chi connectivity index (χ3n) is 2.50. The van der Waals surface area contributed by atoms with Crippen LogP contribution < -0.4 is 5.32 Å². The minimum absolute atomic E-state index is 0.0728. The van der Waals surface area contributed by atoms with Gasteiger partial charge < -0.3 is 10.2 Å². The zero-order chi connectivity index (χ0) is 11.3. The van der Waals surface area contributed by atoms with Crippen LogP contribution >= 0.6 is 11.8 Å². The third kappa shape index (κ3) is 4.43. The molecule has 1 rings (SSSR count). The van der Waals surface area contributed by atoms with E-state index in [1.165, 1.54) is 0 Å². The van der Waals surface area contributed by atoms with Crippen LogP contribution in [0.2, 0.25) is 0 Å². The molecule has 0 aliphatic carbocycles. The summed E-state index contributed by atoms with van der Waals surface area (Å²) in [6, 6.07) is 0. The van der Waals surface area contributed by atoms with E-state index in [2.05, 4.69) is 26.1 Å². The Morgan fingerprint density at radius 3 is 2.87 bits per heavy atom. The fraction of sp³-hybridized carbons (Fsp3) is 0.909. The van der Waals surface area contributed by atoms with Crippen LogP contribution in [-0.4, -0.2) is 47.5 Å².